The van der Waals surface area contributed by atoms with Crippen LogP contribution in [0.15, 0.2) is 24.3 Å². The Balaban J connectivity index is 2.12. The fourth-order valence-corrected chi connectivity index (χ4v) is 3.33. The van der Waals surface area contributed by atoms with Crippen LogP contribution < -0.4 is 10.5 Å². The molecule has 1 aliphatic carbocycles. The maximum atomic E-state index is 6.41. The SMILES string of the molecule is CCC1CCCC(OC(c2ccccc2OC)C(C)N)C1. The van der Waals surface area contributed by atoms with Crippen molar-refractivity contribution in [2.75, 3.05) is 7.11 Å². The molecular formula is C18H29NO2. The van der Waals surface area contributed by atoms with Gasteiger partial charge in [-0.15, -0.1) is 0 Å². The first-order chi connectivity index (χ1) is 10.2. The lowest BCUT2D eigenvalue weighted by Gasteiger charge is -2.33. The molecule has 1 aromatic rings. The van der Waals surface area contributed by atoms with Gasteiger partial charge in [-0.05, 0) is 31.7 Å². The van der Waals surface area contributed by atoms with Gasteiger partial charge in [0, 0.05) is 11.6 Å². The molecule has 2 N–H and O–H groups in total. The molecule has 1 saturated carbocycles. The molecule has 1 aromatic carbocycles. The van der Waals surface area contributed by atoms with Crippen LogP contribution in [0.5, 0.6) is 5.75 Å². The Kier molecular flexibility index (Phi) is 6.07. The summed E-state index contributed by atoms with van der Waals surface area (Å²) >= 11 is 0. The highest BCUT2D eigenvalue weighted by Gasteiger charge is 2.28. The fourth-order valence-electron chi connectivity index (χ4n) is 3.33. The van der Waals surface area contributed by atoms with Crippen LogP contribution in [-0.2, 0) is 4.74 Å². The summed E-state index contributed by atoms with van der Waals surface area (Å²) in [6.45, 7) is 4.29. The Morgan fingerprint density at radius 3 is 2.71 bits per heavy atom. The zero-order chi connectivity index (χ0) is 15.2. The van der Waals surface area contributed by atoms with Crippen molar-refractivity contribution in [3.05, 3.63) is 29.8 Å². The van der Waals surface area contributed by atoms with E-state index in [-0.39, 0.29) is 12.1 Å². The molecule has 0 heterocycles. The summed E-state index contributed by atoms with van der Waals surface area (Å²) in [5.41, 5.74) is 7.26. The minimum atomic E-state index is -0.0956. The number of nitrogens with two attached hydrogens (primary N) is 1. The van der Waals surface area contributed by atoms with E-state index < -0.39 is 0 Å². The monoisotopic (exact) mass is 291 g/mol. The summed E-state index contributed by atoms with van der Waals surface area (Å²) in [6.07, 6.45) is 6.39. The lowest BCUT2D eigenvalue weighted by atomic mass is 9.85. The highest BCUT2D eigenvalue weighted by atomic mass is 16.5. The Morgan fingerprint density at radius 2 is 2.05 bits per heavy atom. The van der Waals surface area contributed by atoms with Crippen molar-refractivity contribution in [3.63, 3.8) is 0 Å². The number of hydrogen-bond acceptors (Lipinski definition) is 3. The topological polar surface area (TPSA) is 44.5 Å². The molecule has 3 nitrogen and oxygen atoms in total. The molecule has 0 saturated heterocycles. The van der Waals surface area contributed by atoms with Gasteiger partial charge in [-0.3, -0.25) is 0 Å². The summed E-state index contributed by atoms with van der Waals surface area (Å²) < 4.78 is 11.9. The van der Waals surface area contributed by atoms with E-state index in [4.69, 9.17) is 15.2 Å². The normalized spacial score (nSPS) is 25.3. The molecule has 3 heteroatoms. The molecule has 0 aliphatic heterocycles. The van der Waals surface area contributed by atoms with Gasteiger partial charge in [-0.25, -0.2) is 0 Å². The van der Waals surface area contributed by atoms with Crippen LogP contribution in [0.3, 0.4) is 0 Å². The van der Waals surface area contributed by atoms with E-state index >= 15 is 0 Å². The third-order valence-electron chi connectivity index (χ3n) is 4.57. The zero-order valence-corrected chi connectivity index (χ0v) is 13.5. The van der Waals surface area contributed by atoms with Gasteiger partial charge in [0.2, 0.25) is 0 Å². The number of benzene rings is 1. The first kappa shape index (κ1) is 16.3. The number of rotatable bonds is 6. The maximum absolute atomic E-state index is 6.41. The molecule has 2 rings (SSSR count). The molecule has 4 unspecified atom stereocenters. The molecule has 0 bridgehead atoms. The second-order valence-corrected chi connectivity index (χ2v) is 6.22. The quantitative estimate of drug-likeness (QED) is 0.859. The zero-order valence-electron chi connectivity index (χ0n) is 13.5. The summed E-state index contributed by atoms with van der Waals surface area (Å²) in [6, 6.07) is 7.99. The predicted octanol–water partition coefficient (Wildman–Crippen LogP) is 4.07. The molecule has 0 amide bonds. The first-order valence-corrected chi connectivity index (χ1v) is 8.19. The van der Waals surface area contributed by atoms with Crippen LogP contribution in [0.4, 0.5) is 0 Å². The van der Waals surface area contributed by atoms with Gasteiger partial charge in [-0.2, -0.15) is 0 Å². The molecule has 1 aliphatic rings. The minimum absolute atomic E-state index is 0.0525. The Bertz CT molecular complexity index is 433. The average molecular weight is 291 g/mol. The van der Waals surface area contributed by atoms with Crippen LogP contribution in [0.25, 0.3) is 0 Å². The highest BCUT2D eigenvalue weighted by molar-refractivity contribution is 5.35. The van der Waals surface area contributed by atoms with Gasteiger partial charge >= 0.3 is 0 Å². The van der Waals surface area contributed by atoms with Crippen LogP contribution in [0.2, 0.25) is 0 Å². The smallest absolute Gasteiger partial charge is 0.124 e. The number of para-hydroxylation sites is 1. The van der Waals surface area contributed by atoms with Crippen LogP contribution in [0.1, 0.15) is 57.6 Å². The van der Waals surface area contributed by atoms with Gasteiger partial charge in [0.15, 0.2) is 0 Å². The van der Waals surface area contributed by atoms with Crippen molar-refractivity contribution in [2.45, 2.75) is 64.2 Å². The van der Waals surface area contributed by atoms with E-state index in [1.807, 2.05) is 25.1 Å². The largest absolute Gasteiger partial charge is 0.496 e. The third-order valence-corrected chi connectivity index (χ3v) is 4.57. The number of methoxy groups -OCH3 is 1. The first-order valence-electron chi connectivity index (χ1n) is 8.19. The van der Waals surface area contributed by atoms with E-state index in [9.17, 15) is 0 Å². The van der Waals surface area contributed by atoms with Gasteiger partial charge in [0.25, 0.3) is 0 Å². The molecule has 118 valence electrons. The molecule has 21 heavy (non-hydrogen) atoms. The Morgan fingerprint density at radius 1 is 1.29 bits per heavy atom. The van der Waals surface area contributed by atoms with E-state index in [1.165, 1.54) is 19.3 Å². The highest BCUT2D eigenvalue weighted by Crippen LogP contribution is 2.35. The molecular weight excluding hydrogens is 262 g/mol. The van der Waals surface area contributed by atoms with Crippen molar-refractivity contribution in [1.29, 1.82) is 0 Å². The van der Waals surface area contributed by atoms with E-state index in [0.29, 0.717) is 6.10 Å². The maximum Gasteiger partial charge on any atom is 0.124 e. The molecule has 0 radical (unpaired) electrons. The summed E-state index contributed by atoms with van der Waals surface area (Å²) in [5, 5.41) is 0. The second-order valence-electron chi connectivity index (χ2n) is 6.22. The lowest BCUT2D eigenvalue weighted by molar-refractivity contribution is -0.0516. The standard InChI is InChI=1S/C18H29NO2/c1-4-14-8-7-9-15(12-14)21-18(13(2)19)16-10-5-6-11-17(16)20-3/h5-6,10-11,13-15,18H,4,7-9,12,19H2,1-3H3. The number of hydrogen-bond donors (Lipinski definition) is 1. The third kappa shape index (κ3) is 4.21. The summed E-state index contributed by atoms with van der Waals surface area (Å²) in [4.78, 5) is 0. The Labute approximate surface area is 128 Å². The van der Waals surface area contributed by atoms with Gasteiger partial charge in [0.05, 0.1) is 13.2 Å². The van der Waals surface area contributed by atoms with Crippen molar-refractivity contribution in [1.82, 2.24) is 0 Å². The van der Waals surface area contributed by atoms with Crippen LogP contribution in [-0.4, -0.2) is 19.3 Å². The Hall–Kier alpha value is -1.06. The van der Waals surface area contributed by atoms with Crippen LogP contribution >= 0.6 is 0 Å². The van der Waals surface area contributed by atoms with Crippen molar-refractivity contribution in [2.24, 2.45) is 11.7 Å². The summed E-state index contributed by atoms with van der Waals surface area (Å²) in [7, 11) is 1.70. The van der Waals surface area contributed by atoms with E-state index in [0.717, 1.165) is 30.1 Å². The number of ether oxygens (including phenoxy) is 2. The van der Waals surface area contributed by atoms with Gasteiger partial charge < -0.3 is 15.2 Å². The summed E-state index contributed by atoms with van der Waals surface area (Å²) in [5.74, 6) is 1.66. The fraction of sp³-hybridized carbons (Fsp3) is 0.667. The van der Waals surface area contributed by atoms with Crippen LogP contribution in [0, 0.1) is 5.92 Å². The lowest BCUT2D eigenvalue weighted by Crippen LogP contribution is -2.33. The van der Waals surface area contributed by atoms with Gasteiger partial charge in [0.1, 0.15) is 11.9 Å². The predicted molar refractivity (Wildman–Crippen MR) is 86.5 cm³/mol. The van der Waals surface area contributed by atoms with E-state index in [2.05, 4.69) is 13.0 Å². The van der Waals surface area contributed by atoms with Gasteiger partial charge in [-0.1, -0.05) is 44.4 Å². The second kappa shape index (κ2) is 7.81. The molecule has 4 atom stereocenters. The van der Waals surface area contributed by atoms with Crippen molar-refractivity contribution in [3.8, 4) is 5.75 Å². The average Bonchev–Trinajstić information content (AvgIpc) is 2.52. The van der Waals surface area contributed by atoms with Crippen molar-refractivity contribution < 1.29 is 9.47 Å². The molecule has 1 fully saturated rings. The minimum Gasteiger partial charge on any atom is -0.496 e. The van der Waals surface area contributed by atoms with Crippen molar-refractivity contribution >= 4 is 0 Å². The molecule has 0 aromatic heterocycles. The van der Waals surface area contributed by atoms with E-state index in [1.54, 1.807) is 7.11 Å². The molecule has 0 spiro atoms.